The summed E-state index contributed by atoms with van der Waals surface area (Å²) < 4.78 is 5.95. The van der Waals surface area contributed by atoms with Gasteiger partial charge in [-0.2, -0.15) is 5.10 Å². The third-order valence-electron chi connectivity index (χ3n) is 2.61. The second-order valence-electron chi connectivity index (χ2n) is 4.32. The summed E-state index contributed by atoms with van der Waals surface area (Å²) in [5, 5.41) is 4.84. The number of nitrogens with zero attached hydrogens (tertiary/aromatic N) is 1. The van der Waals surface area contributed by atoms with E-state index in [0.717, 1.165) is 4.88 Å². The van der Waals surface area contributed by atoms with Crippen LogP contribution < -0.4 is 10.2 Å². The predicted molar refractivity (Wildman–Crippen MR) is 96.6 cm³/mol. The van der Waals surface area contributed by atoms with E-state index in [1.54, 1.807) is 13.0 Å². The number of benzene rings is 1. The summed E-state index contributed by atoms with van der Waals surface area (Å²) in [6.07, 6.45) is 0. The Labute approximate surface area is 156 Å². The normalized spacial score (nSPS) is 11.4. The first kappa shape index (κ1) is 18.4. The standard InChI is InChI=1S/C14H10Cl4N2O2S/c1-7(12-2-3-13(18)23-12)19-20-14(21)6-22-11-5-9(16)8(15)4-10(11)17/h2-5H,6H2,1H3,(H,20,21). The SMILES string of the molecule is CC(=NNC(=O)COc1cc(Cl)c(Cl)cc1Cl)c1ccc(Cl)s1. The highest BCUT2D eigenvalue weighted by Gasteiger charge is 2.09. The fourth-order valence-corrected chi connectivity index (χ4v) is 3.08. The molecule has 0 aliphatic carbocycles. The van der Waals surface area contributed by atoms with Crippen molar-refractivity contribution >= 4 is 69.4 Å². The van der Waals surface area contributed by atoms with Gasteiger partial charge in [0.25, 0.3) is 5.91 Å². The van der Waals surface area contributed by atoms with Gasteiger partial charge in [-0.05, 0) is 25.1 Å². The van der Waals surface area contributed by atoms with Crippen LogP contribution in [0.25, 0.3) is 0 Å². The molecule has 1 aromatic carbocycles. The quantitative estimate of drug-likeness (QED) is 0.413. The van der Waals surface area contributed by atoms with Crippen LogP contribution in [0.15, 0.2) is 29.4 Å². The van der Waals surface area contributed by atoms with Crippen molar-refractivity contribution in [3.05, 3.63) is 48.5 Å². The molecule has 0 aliphatic rings. The van der Waals surface area contributed by atoms with Gasteiger partial charge in [0.15, 0.2) is 6.61 Å². The molecule has 0 saturated carbocycles. The van der Waals surface area contributed by atoms with E-state index in [1.165, 1.54) is 23.5 Å². The van der Waals surface area contributed by atoms with E-state index in [4.69, 9.17) is 51.1 Å². The predicted octanol–water partition coefficient (Wildman–Crippen LogP) is 5.28. The number of hydrazone groups is 1. The van der Waals surface area contributed by atoms with Gasteiger partial charge in [0.1, 0.15) is 5.75 Å². The van der Waals surface area contributed by atoms with Gasteiger partial charge in [-0.3, -0.25) is 4.79 Å². The highest BCUT2D eigenvalue weighted by Crippen LogP contribution is 2.33. The van der Waals surface area contributed by atoms with Crippen molar-refractivity contribution in [3.63, 3.8) is 0 Å². The minimum absolute atomic E-state index is 0.264. The number of halogens is 4. The number of ether oxygens (including phenoxy) is 1. The zero-order chi connectivity index (χ0) is 17.0. The van der Waals surface area contributed by atoms with Gasteiger partial charge in [-0.1, -0.05) is 46.4 Å². The summed E-state index contributed by atoms with van der Waals surface area (Å²) in [7, 11) is 0. The van der Waals surface area contributed by atoms with Crippen molar-refractivity contribution in [1.82, 2.24) is 5.43 Å². The van der Waals surface area contributed by atoms with Gasteiger partial charge in [-0.15, -0.1) is 11.3 Å². The molecule has 4 nitrogen and oxygen atoms in total. The Bertz CT molecular complexity index is 761. The molecule has 9 heteroatoms. The second-order valence-corrected chi connectivity index (χ2v) is 7.26. The van der Waals surface area contributed by atoms with Crippen LogP contribution in [-0.2, 0) is 4.79 Å². The van der Waals surface area contributed by atoms with Crippen LogP contribution in [0.1, 0.15) is 11.8 Å². The van der Waals surface area contributed by atoms with Crippen molar-refractivity contribution in [3.8, 4) is 5.75 Å². The Balaban J connectivity index is 1.92. The summed E-state index contributed by atoms with van der Waals surface area (Å²) >= 11 is 24.9. The Hall–Kier alpha value is -0.980. The molecule has 122 valence electrons. The summed E-state index contributed by atoms with van der Waals surface area (Å²) in [5.41, 5.74) is 3.03. The highest BCUT2D eigenvalue weighted by atomic mass is 35.5. The van der Waals surface area contributed by atoms with Crippen molar-refractivity contribution in [2.24, 2.45) is 5.10 Å². The molecule has 1 N–H and O–H groups in total. The molecule has 23 heavy (non-hydrogen) atoms. The first-order valence-electron chi connectivity index (χ1n) is 6.23. The molecule has 0 atom stereocenters. The number of carbonyl (C=O) groups excluding carboxylic acids is 1. The Morgan fingerprint density at radius 1 is 1.17 bits per heavy atom. The van der Waals surface area contributed by atoms with Crippen LogP contribution >= 0.6 is 57.7 Å². The van der Waals surface area contributed by atoms with E-state index in [-0.39, 0.29) is 22.4 Å². The van der Waals surface area contributed by atoms with Gasteiger partial charge in [-0.25, -0.2) is 5.43 Å². The molecule has 2 rings (SSSR count). The minimum atomic E-state index is -0.436. The maximum absolute atomic E-state index is 11.8. The second kappa shape index (κ2) is 8.22. The molecule has 0 unspecified atom stereocenters. The van der Waals surface area contributed by atoms with Crippen LogP contribution in [0.2, 0.25) is 19.4 Å². The number of nitrogens with one attached hydrogen (secondary N) is 1. The monoisotopic (exact) mass is 410 g/mol. The molecule has 0 radical (unpaired) electrons. The van der Waals surface area contributed by atoms with Crippen LogP contribution in [0.3, 0.4) is 0 Å². The smallest absolute Gasteiger partial charge is 0.277 e. The first-order chi connectivity index (χ1) is 10.9. The Kier molecular flexibility index (Phi) is 6.56. The van der Waals surface area contributed by atoms with Crippen LogP contribution in [0.4, 0.5) is 0 Å². The van der Waals surface area contributed by atoms with Crippen LogP contribution in [0.5, 0.6) is 5.75 Å². The lowest BCUT2D eigenvalue weighted by atomic mass is 10.3. The van der Waals surface area contributed by atoms with E-state index in [0.29, 0.717) is 15.1 Å². The molecule has 1 amide bonds. The molecule has 0 bridgehead atoms. The van der Waals surface area contributed by atoms with E-state index in [2.05, 4.69) is 10.5 Å². The third-order valence-corrected chi connectivity index (χ3v) is 4.97. The molecule has 1 heterocycles. The highest BCUT2D eigenvalue weighted by molar-refractivity contribution is 7.18. The van der Waals surface area contributed by atoms with Gasteiger partial charge < -0.3 is 4.74 Å². The topological polar surface area (TPSA) is 50.7 Å². The largest absolute Gasteiger partial charge is 0.482 e. The van der Waals surface area contributed by atoms with E-state index >= 15 is 0 Å². The molecule has 1 aromatic heterocycles. The lowest BCUT2D eigenvalue weighted by Crippen LogP contribution is -2.25. The maximum atomic E-state index is 11.8. The van der Waals surface area contributed by atoms with Crippen LogP contribution in [0, 0.1) is 0 Å². The summed E-state index contributed by atoms with van der Waals surface area (Å²) in [4.78, 5) is 12.6. The van der Waals surface area contributed by atoms with E-state index in [9.17, 15) is 4.79 Å². The van der Waals surface area contributed by atoms with Gasteiger partial charge >= 0.3 is 0 Å². The molecule has 0 aliphatic heterocycles. The number of thiophene rings is 1. The number of rotatable bonds is 5. The molecule has 0 saturated heterocycles. The third kappa shape index (κ3) is 5.26. The van der Waals surface area contributed by atoms with Crippen molar-refractivity contribution in [2.75, 3.05) is 6.61 Å². The van der Waals surface area contributed by atoms with E-state index in [1.807, 2.05) is 6.07 Å². The lowest BCUT2D eigenvalue weighted by Gasteiger charge is -2.08. The maximum Gasteiger partial charge on any atom is 0.277 e. The molecular weight excluding hydrogens is 402 g/mol. The summed E-state index contributed by atoms with van der Waals surface area (Å²) in [5.74, 6) is -0.170. The van der Waals surface area contributed by atoms with E-state index < -0.39 is 5.91 Å². The van der Waals surface area contributed by atoms with Gasteiger partial charge in [0.05, 0.1) is 30.0 Å². The summed E-state index contributed by atoms with van der Waals surface area (Å²) in [6, 6.07) is 6.48. The average molecular weight is 412 g/mol. The average Bonchev–Trinajstić information content (AvgIpc) is 2.93. The van der Waals surface area contributed by atoms with Crippen molar-refractivity contribution in [1.29, 1.82) is 0 Å². The minimum Gasteiger partial charge on any atom is -0.482 e. The number of carbonyl (C=O) groups is 1. The lowest BCUT2D eigenvalue weighted by molar-refractivity contribution is -0.123. The van der Waals surface area contributed by atoms with Crippen molar-refractivity contribution in [2.45, 2.75) is 6.92 Å². The molecule has 0 spiro atoms. The molecular formula is C14H10Cl4N2O2S. The number of hydrogen-bond donors (Lipinski definition) is 1. The summed E-state index contributed by atoms with van der Waals surface area (Å²) in [6.45, 7) is 1.50. The number of hydrogen-bond acceptors (Lipinski definition) is 4. The van der Waals surface area contributed by atoms with Gasteiger partial charge in [0, 0.05) is 6.07 Å². The van der Waals surface area contributed by atoms with Crippen LogP contribution in [-0.4, -0.2) is 18.2 Å². The fourth-order valence-electron chi connectivity index (χ4n) is 1.50. The Morgan fingerprint density at radius 2 is 1.87 bits per heavy atom. The van der Waals surface area contributed by atoms with Gasteiger partial charge in [0.2, 0.25) is 0 Å². The Morgan fingerprint density at radius 3 is 2.52 bits per heavy atom. The first-order valence-corrected chi connectivity index (χ1v) is 8.56. The zero-order valence-corrected chi connectivity index (χ0v) is 15.5. The zero-order valence-electron chi connectivity index (χ0n) is 11.7. The number of amides is 1. The molecule has 0 fully saturated rings. The fraction of sp³-hybridized carbons (Fsp3) is 0.143. The molecule has 2 aromatic rings. The van der Waals surface area contributed by atoms with Crippen molar-refractivity contribution < 1.29 is 9.53 Å².